The van der Waals surface area contributed by atoms with Crippen molar-refractivity contribution in [3.05, 3.63) is 69.8 Å². The number of nitrogens with one attached hydrogen (secondary N) is 1. The second kappa shape index (κ2) is 8.72. The van der Waals surface area contributed by atoms with Crippen LogP contribution in [0.5, 0.6) is 0 Å². The summed E-state index contributed by atoms with van der Waals surface area (Å²) in [5, 5.41) is 10.6. The summed E-state index contributed by atoms with van der Waals surface area (Å²) in [7, 11) is -3.98. The van der Waals surface area contributed by atoms with E-state index in [1.807, 2.05) is 0 Å². The van der Waals surface area contributed by atoms with Gasteiger partial charge in [0.2, 0.25) is 10.0 Å². The minimum absolute atomic E-state index is 0.0903. The fraction of sp³-hybridized carbons (Fsp3) is 0.222. The Morgan fingerprint density at radius 2 is 1.68 bits per heavy atom. The van der Waals surface area contributed by atoms with Crippen molar-refractivity contribution in [2.45, 2.75) is 31.4 Å². The van der Waals surface area contributed by atoms with Crippen LogP contribution in [-0.4, -0.2) is 31.1 Å². The van der Waals surface area contributed by atoms with Crippen molar-refractivity contribution in [1.82, 2.24) is 4.72 Å². The summed E-state index contributed by atoms with van der Waals surface area (Å²) in [6.45, 7) is 2.54. The van der Waals surface area contributed by atoms with Crippen LogP contribution < -0.4 is 4.72 Å². The predicted octanol–water partition coefficient (Wildman–Crippen LogP) is 2.21. The van der Waals surface area contributed by atoms with Gasteiger partial charge < -0.3 is 4.74 Å². The van der Waals surface area contributed by atoms with Crippen molar-refractivity contribution in [3.63, 3.8) is 0 Å². The lowest BCUT2D eigenvalue weighted by Crippen LogP contribution is -2.39. The van der Waals surface area contributed by atoms with Gasteiger partial charge in [-0.2, -0.15) is 4.72 Å². The summed E-state index contributed by atoms with van der Waals surface area (Å²) in [6, 6.07) is 9.59. The molecule has 0 spiro atoms. The molecular formula is C18H18N2O7S. The molecule has 0 saturated heterocycles. The maximum Gasteiger partial charge on any atom is 0.324 e. The Morgan fingerprint density at radius 1 is 1.11 bits per heavy atom. The monoisotopic (exact) mass is 406 g/mol. The molecule has 0 aliphatic carbocycles. The third-order valence-electron chi connectivity index (χ3n) is 3.78. The van der Waals surface area contributed by atoms with E-state index in [1.54, 1.807) is 0 Å². The minimum atomic E-state index is -3.98. The third-order valence-corrected chi connectivity index (χ3v) is 5.34. The molecule has 0 aromatic heterocycles. The average molecular weight is 406 g/mol. The number of nitro benzene ring substituents is 1. The number of ether oxygens (including phenoxy) is 1. The number of benzene rings is 2. The van der Waals surface area contributed by atoms with Gasteiger partial charge >= 0.3 is 5.97 Å². The number of non-ortho nitro benzene ring substituents is 1. The van der Waals surface area contributed by atoms with Gasteiger partial charge in [0.05, 0.1) is 9.82 Å². The van der Waals surface area contributed by atoms with E-state index in [4.69, 9.17) is 4.74 Å². The first-order valence-corrected chi connectivity index (χ1v) is 9.62. The summed E-state index contributed by atoms with van der Waals surface area (Å²) in [6.07, 6.45) is 0. The lowest BCUT2D eigenvalue weighted by Gasteiger charge is -2.14. The predicted molar refractivity (Wildman–Crippen MR) is 99.1 cm³/mol. The van der Waals surface area contributed by atoms with E-state index in [9.17, 15) is 28.1 Å². The summed E-state index contributed by atoms with van der Waals surface area (Å²) >= 11 is 0. The highest BCUT2D eigenvalue weighted by atomic mass is 32.2. The number of carbonyl (C=O) groups excluding carboxylic acids is 2. The van der Waals surface area contributed by atoms with Gasteiger partial charge in [0.1, 0.15) is 12.6 Å². The molecule has 0 aliphatic rings. The van der Waals surface area contributed by atoms with Crippen LogP contribution in [-0.2, 0) is 26.2 Å². The van der Waals surface area contributed by atoms with Gasteiger partial charge in [-0.1, -0.05) is 12.1 Å². The highest BCUT2D eigenvalue weighted by Crippen LogP contribution is 2.14. The van der Waals surface area contributed by atoms with E-state index in [2.05, 4.69) is 4.72 Å². The van der Waals surface area contributed by atoms with Gasteiger partial charge in [-0.15, -0.1) is 0 Å². The van der Waals surface area contributed by atoms with Gasteiger partial charge in [-0.05, 0) is 43.7 Å². The van der Waals surface area contributed by atoms with Crippen LogP contribution in [0.15, 0.2) is 53.4 Å². The maximum atomic E-state index is 12.3. The first-order valence-electron chi connectivity index (χ1n) is 8.13. The molecule has 0 unspecified atom stereocenters. The number of ketones is 1. The highest BCUT2D eigenvalue weighted by molar-refractivity contribution is 7.89. The molecule has 0 heterocycles. The highest BCUT2D eigenvalue weighted by Gasteiger charge is 2.23. The van der Waals surface area contributed by atoms with Crippen LogP contribution in [0.25, 0.3) is 0 Å². The molecule has 9 nitrogen and oxygen atoms in total. The maximum absolute atomic E-state index is 12.3. The van der Waals surface area contributed by atoms with Crippen molar-refractivity contribution in [2.24, 2.45) is 0 Å². The average Bonchev–Trinajstić information content (AvgIpc) is 2.66. The lowest BCUT2D eigenvalue weighted by molar-refractivity contribution is -0.384. The molecule has 2 rings (SSSR count). The van der Waals surface area contributed by atoms with E-state index in [0.717, 1.165) is 0 Å². The summed E-state index contributed by atoms with van der Waals surface area (Å²) in [4.78, 5) is 33.3. The smallest absolute Gasteiger partial charge is 0.324 e. The Labute approximate surface area is 161 Å². The number of sulfonamides is 1. The molecule has 0 radical (unpaired) electrons. The van der Waals surface area contributed by atoms with Crippen molar-refractivity contribution >= 4 is 27.5 Å². The number of carbonyl (C=O) groups is 2. The van der Waals surface area contributed by atoms with Crippen LogP contribution in [0.1, 0.15) is 29.8 Å². The van der Waals surface area contributed by atoms with Crippen molar-refractivity contribution in [2.75, 3.05) is 0 Å². The Morgan fingerprint density at radius 3 is 2.18 bits per heavy atom. The fourth-order valence-corrected chi connectivity index (χ4v) is 3.40. The number of esters is 1. The topological polar surface area (TPSA) is 133 Å². The van der Waals surface area contributed by atoms with Gasteiger partial charge in [-0.25, -0.2) is 8.42 Å². The zero-order chi connectivity index (χ0) is 20.9. The van der Waals surface area contributed by atoms with Gasteiger partial charge in [-0.3, -0.25) is 19.7 Å². The number of hydrogen-bond donors (Lipinski definition) is 1. The molecule has 0 bridgehead atoms. The van der Waals surface area contributed by atoms with Crippen LogP contribution in [0.3, 0.4) is 0 Å². The van der Waals surface area contributed by atoms with Crippen LogP contribution in [0.2, 0.25) is 0 Å². The number of Topliss-reactive ketones (excluding diaryl/α,β-unsaturated/α-hetero) is 1. The third kappa shape index (κ3) is 5.44. The van der Waals surface area contributed by atoms with Gasteiger partial charge in [0.15, 0.2) is 5.78 Å². The van der Waals surface area contributed by atoms with E-state index >= 15 is 0 Å². The molecule has 2 aromatic rings. The first-order chi connectivity index (χ1) is 13.1. The Kier molecular flexibility index (Phi) is 6.60. The Bertz CT molecular complexity index is 984. The Hall–Kier alpha value is -3.11. The van der Waals surface area contributed by atoms with Crippen LogP contribution in [0, 0.1) is 10.1 Å². The van der Waals surface area contributed by atoms with Crippen LogP contribution >= 0.6 is 0 Å². The SMILES string of the molecule is CC(=O)c1ccc(S(=O)(=O)N[C@@H](C)C(=O)OCc2ccc([N+](=O)[O-])cc2)cc1. The van der Waals surface area contributed by atoms with Gasteiger partial charge in [0, 0.05) is 17.7 Å². The van der Waals surface area contributed by atoms with Crippen molar-refractivity contribution in [1.29, 1.82) is 0 Å². The summed E-state index contributed by atoms with van der Waals surface area (Å²) < 4.78 is 31.9. The molecule has 148 valence electrons. The number of hydrogen-bond acceptors (Lipinski definition) is 7. The normalized spacial score (nSPS) is 12.2. The van der Waals surface area contributed by atoms with E-state index in [0.29, 0.717) is 11.1 Å². The fourth-order valence-electron chi connectivity index (χ4n) is 2.21. The van der Waals surface area contributed by atoms with Crippen molar-refractivity contribution < 1.29 is 27.7 Å². The number of nitrogens with zero attached hydrogens (tertiary/aromatic N) is 1. The Balaban J connectivity index is 1.96. The molecule has 0 fully saturated rings. The lowest BCUT2D eigenvalue weighted by atomic mass is 10.2. The molecule has 10 heteroatoms. The van der Waals surface area contributed by atoms with Gasteiger partial charge in [0.25, 0.3) is 5.69 Å². The summed E-state index contributed by atoms with van der Waals surface area (Å²) in [5.74, 6) is -0.998. The molecule has 1 N–H and O–H groups in total. The minimum Gasteiger partial charge on any atom is -0.460 e. The molecular weight excluding hydrogens is 388 g/mol. The zero-order valence-electron chi connectivity index (χ0n) is 15.1. The molecule has 1 atom stereocenters. The number of nitro groups is 1. The second-order valence-corrected chi connectivity index (χ2v) is 7.67. The second-order valence-electron chi connectivity index (χ2n) is 5.95. The summed E-state index contributed by atoms with van der Waals surface area (Å²) in [5.41, 5.74) is 0.801. The molecule has 28 heavy (non-hydrogen) atoms. The van der Waals surface area contributed by atoms with Crippen LogP contribution in [0.4, 0.5) is 5.69 Å². The first kappa shape index (κ1) is 21.2. The largest absolute Gasteiger partial charge is 0.460 e. The standard InChI is InChI=1S/C18H18N2O7S/c1-12(18(22)27-11-14-3-7-16(8-4-14)20(23)24)19-28(25,26)17-9-5-15(6-10-17)13(2)21/h3-10,12,19H,11H2,1-2H3/t12-/m0/s1. The number of rotatable bonds is 8. The molecule has 2 aromatic carbocycles. The quantitative estimate of drug-likeness (QED) is 0.307. The molecule has 0 saturated carbocycles. The van der Waals surface area contributed by atoms with E-state index in [1.165, 1.54) is 62.4 Å². The van der Waals surface area contributed by atoms with E-state index < -0.39 is 27.0 Å². The van der Waals surface area contributed by atoms with E-state index in [-0.39, 0.29) is 23.0 Å². The zero-order valence-corrected chi connectivity index (χ0v) is 15.9. The van der Waals surface area contributed by atoms with Crippen molar-refractivity contribution in [3.8, 4) is 0 Å². The molecule has 0 aliphatic heterocycles. The molecule has 0 amide bonds.